The molecule has 0 saturated carbocycles. The molecule has 0 spiro atoms. The van der Waals surface area contributed by atoms with Crippen molar-refractivity contribution in [2.45, 2.75) is 18.6 Å². The van der Waals surface area contributed by atoms with Crippen LogP contribution in [0.4, 0.5) is 0 Å². The lowest BCUT2D eigenvalue weighted by molar-refractivity contribution is -0.130. The van der Waals surface area contributed by atoms with Crippen molar-refractivity contribution in [2.24, 2.45) is 0 Å². The Labute approximate surface area is 200 Å². The molecule has 1 fully saturated rings. The predicted molar refractivity (Wildman–Crippen MR) is 128 cm³/mol. The van der Waals surface area contributed by atoms with Crippen LogP contribution in [0, 0.1) is 6.92 Å². The number of ether oxygens (including phenoxy) is 2. The summed E-state index contributed by atoms with van der Waals surface area (Å²) in [6.07, 6.45) is 0. The molecule has 0 unspecified atom stereocenters. The van der Waals surface area contributed by atoms with Crippen LogP contribution in [0.25, 0.3) is 16.6 Å². The summed E-state index contributed by atoms with van der Waals surface area (Å²) in [4.78, 5) is 26.6. The van der Waals surface area contributed by atoms with Crippen LogP contribution in [0.3, 0.4) is 0 Å². The minimum Gasteiger partial charge on any atom is -0.454 e. The van der Waals surface area contributed by atoms with Gasteiger partial charge in [0.1, 0.15) is 5.82 Å². The standard InChI is InChI=1S/C24H24N6O3S/c1-16-25-23-18-4-2-3-5-19(18)26-24(30(23)27-16)34-14-22(31)29-10-8-28(9-11-29)13-17-6-7-20-21(12-17)33-15-32-20/h2-7,12H,8-11,13-15H2,1H3. The Hall–Kier alpha value is -3.37. The van der Waals surface area contributed by atoms with E-state index in [9.17, 15) is 4.79 Å². The van der Waals surface area contributed by atoms with Gasteiger partial charge in [0, 0.05) is 38.1 Å². The number of carbonyl (C=O) groups excluding carboxylic acids is 1. The summed E-state index contributed by atoms with van der Waals surface area (Å²) in [5, 5.41) is 6.14. The minimum absolute atomic E-state index is 0.118. The van der Waals surface area contributed by atoms with Gasteiger partial charge >= 0.3 is 0 Å². The molecule has 0 N–H and O–H groups in total. The molecule has 0 radical (unpaired) electrons. The van der Waals surface area contributed by atoms with Gasteiger partial charge in [0.2, 0.25) is 12.7 Å². The van der Waals surface area contributed by atoms with Crippen LogP contribution in [0.2, 0.25) is 0 Å². The molecule has 4 heterocycles. The topological polar surface area (TPSA) is 85.1 Å². The number of para-hydroxylation sites is 1. The van der Waals surface area contributed by atoms with E-state index >= 15 is 0 Å². The van der Waals surface area contributed by atoms with Gasteiger partial charge < -0.3 is 14.4 Å². The summed E-state index contributed by atoms with van der Waals surface area (Å²) >= 11 is 1.41. The molecule has 174 valence electrons. The van der Waals surface area contributed by atoms with Gasteiger partial charge in [-0.15, -0.1) is 5.10 Å². The summed E-state index contributed by atoms with van der Waals surface area (Å²) in [6.45, 7) is 6.09. The van der Waals surface area contributed by atoms with Crippen LogP contribution in [-0.2, 0) is 11.3 Å². The Bertz CT molecular complexity index is 1380. The zero-order valence-electron chi connectivity index (χ0n) is 18.8. The molecule has 10 heteroatoms. The lowest BCUT2D eigenvalue weighted by Crippen LogP contribution is -2.48. The maximum absolute atomic E-state index is 13.0. The zero-order chi connectivity index (χ0) is 23.1. The van der Waals surface area contributed by atoms with Crippen molar-refractivity contribution in [3.05, 3.63) is 53.9 Å². The number of carbonyl (C=O) groups is 1. The van der Waals surface area contributed by atoms with Crippen molar-refractivity contribution in [1.82, 2.24) is 29.4 Å². The fourth-order valence-corrected chi connectivity index (χ4v) is 5.24. The highest BCUT2D eigenvalue weighted by Gasteiger charge is 2.23. The molecule has 2 aliphatic heterocycles. The van der Waals surface area contributed by atoms with Crippen LogP contribution in [0.1, 0.15) is 11.4 Å². The van der Waals surface area contributed by atoms with Crippen molar-refractivity contribution in [3.63, 3.8) is 0 Å². The number of nitrogens with zero attached hydrogens (tertiary/aromatic N) is 6. The third kappa shape index (κ3) is 4.03. The molecule has 1 amide bonds. The predicted octanol–water partition coefficient (Wildman–Crippen LogP) is 2.75. The minimum atomic E-state index is 0.118. The van der Waals surface area contributed by atoms with E-state index in [2.05, 4.69) is 21.0 Å². The summed E-state index contributed by atoms with van der Waals surface area (Å²) in [6, 6.07) is 14.0. The number of aryl methyl sites for hydroxylation is 1. The Morgan fingerprint density at radius 3 is 2.74 bits per heavy atom. The maximum Gasteiger partial charge on any atom is 0.233 e. The first-order valence-corrected chi connectivity index (χ1v) is 12.3. The summed E-state index contributed by atoms with van der Waals surface area (Å²) in [5.41, 5.74) is 2.82. The lowest BCUT2D eigenvalue weighted by atomic mass is 10.1. The number of benzene rings is 2. The number of aromatic nitrogens is 4. The van der Waals surface area contributed by atoms with Gasteiger partial charge in [-0.2, -0.15) is 4.52 Å². The Kier molecular flexibility index (Phi) is 5.46. The largest absolute Gasteiger partial charge is 0.454 e. The molecule has 0 aliphatic carbocycles. The molecule has 0 bridgehead atoms. The normalized spacial score (nSPS) is 16.0. The Balaban J connectivity index is 1.08. The van der Waals surface area contributed by atoms with E-state index in [1.165, 1.54) is 17.3 Å². The highest BCUT2D eigenvalue weighted by atomic mass is 32.2. The van der Waals surface area contributed by atoms with Crippen LogP contribution >= 0.6 is 11.8 Å². The number of rotatable bonds is 5. The lowest BCUT2D eigenvalue weighted by Gasteiger charge is -2.34. The summed E-state index contributed by atoms with van der Waals surface area (Å²) < 4.78 is 12.6. The van der Waals surface area contributed by atoms with E-state index in [1.807, 2.05) is 48.2 Å². The smallest absolute Gasteiger partial charge is 0.233 e. The molecule has 4 aromatic rings. The molecule has 34 heavy (non-hydrogen) atoms. The first kappa shape index (κ1) is 21.2. The molecule has 9 nitrogen and oxygen atoms in total. The van der Waals surface area contributed by atoms with Crippen molar-refractivity contribution in [1.29, 1.82) is 0 Å². The van der Waals surface area contributed by atoms with Crippen LogP contribution in [0.15, 0.2) is 47.6 Å². The number of piperazine rings is 1. The fraction of sp³-hybridized carbons (Fsp3) is 0.333. The average molecular weight is 477 g/mol. The molecule has 1 saturated heterocycles. The highest BCUT2D eigenvalue weighted by Crippen LogP contribution is 2.33. The van der Waals surface area contributed by atoms with E-state index in [1.54, 1.807) is 4.52 Å². The van der Waals surface area contributed by atoms with Gasteiger partial charge in [-0.3, -0.25) is 9.69 Å². The molecule has 2 aliphatic rings. The second kappa shape index (κ2) is 8.77. The third-order valence-electron chi connectivity index (χ3n) is 6.15. The van der Waals surface area contributed by atoms with E-state index in [-0.39, 0.29) is 12.7 Å². The zero-order valence-corrected chi connectivity index (χ0v) is 19.6. The second-order valence-electron chi connectivity index (χ2n) is 8.44. The van der Waals surface area contributed by atoms with Crippen molar-refractivity contribution < 1.29 is 14.3 Å². The van der Waals surface area contributed by atoms with Crippen molar-refractivity contribution >= 4 is 34.2 Å². The number of amides is 1. The van der Waals surface area contributed by atoms with E-state index in [0.717, 1.165) is 47.7 Å². The van der Waals surface area contributed by atoms with Gasteiger partial charge in [0.05, 0.1) is 11.3 Å². The number of hydrogen-bond donors (Lipinski definition) is 0. The fourth-order valence-electron chi connectivity index (χ4n) is 4.40. The van der Waals surface area contributed by atoms with Crippen LogP contribution in [-0.4, -0.2) is 74.0 Å². The first-order valence-electron chi connectivity index (χ1n) is 11.3. The maximum atomic E-state index is 13.0. The summed E-state index contributed by atoms with van der Waals surface area (Å²) in [5.74, 6) is 2.73. The average Bonchev–Trinajstić information content (AvgIpc) is 3.49. The molecule has 0 atom stereocenters. The van der Waals surface area contributed by atoms with Gasteiger partial charge in [-0.25, -0.2) is 9.97 Å². The number of hydrogen-bond acceptors (Lipinski definition) is 8. The van der Waals surface area contributed by atoms with Crippen molar-refractivity contribution in [2.75, 3.05) is 38.7 Å². The molecule has 2 aromatic carbocycles. The molecular weight excluding hydrogens is 452 g/mol. The van der Waals surface area contributed by atoms with E-state index < -0.39 is 0 Å². The van der Waals surface area contributed by atoms with Crippen LogP contribution in [0.5, 0.6) is 11.5 Å². The van der Waals surface area contributed by atoms with Crippen LogP contribution < -0.4 is 9.47 Å². The van der Waals surface area contributed by atoms with Gasteiger partial charge in [0.15, 0.2) is 22.3 Å². The van der Waals surface area contributed by atoms with Gasteiger partial charge in [-0.05, 0) is 36.8 Å². The van der Waals surface area contributed by atoms with Gasteiger partial charge in [-0.1, -0.05) is 30.0 Å². The molecule has 6 rings (SSSR count). The summed E-state index contributed by atoms with van der Waals surface area (Å²) in [7, 11) is 0. The third-order valence-corrected chi connectivity index (χ3v) is 7.06. The van der Waals surface area contributed by atoms with Gasteiger partial charge in [0.25, 0.3) is 0 Å². The van der Waals surface area contributed by atoms with E-state index in [0.29, 0.717) is 29.8 Å². The number of thioether (sulfide) groups is 1. The number of fused-ring (bicyclic) bond motifs is 4. The first-order chi connectivity index (χ1) is 16.6. The molecular formula is C24H24N6O3S. The monoisotopic (exact) mass is 476 g/mol. The quantitative estimate of drug-likeness (QED) is 0.321. The van der Waals surface area contributed by atoms with E-state index in [4.69, 9.17) is 14.5 Å². The Morgan fingerprint density at radius 2 is 1.85 bits per heavy atom. The SMILES string of the molecule is Cc1nc2c3ccccc3nc(SCC(=O)N3CCN(Cc4ccc5c(c4)OCO5)CC3)n2n1. The highest BCUT2D eigenvalue weighted by molar-refractivity contribution is 7.99. The Morgan fingerprint density at radius 1 is 1.03 bits per heavy atom. The van der Waals surface area contributed by atoms with Crippen molar-refractivity contribution in [3.8, 4) is 11.5 Å². The molecule has 2 aromatic heterocycles. The second-order valence-corrected chi connectivity index (χ2v) is 9.38.